The summed E-state index contributed by atoms with van der Waals surface area (Å²) in [6, 6.07) is 0. The summed E-state index contributed by atoms with van der Waals surface area (Å²) >= 11 is 0. The molecule has 0 aromatic heterocycles. The van der Waals surface area contributed by atoms with Crippen LogP contribution in [0.1, 0.15) is 32.6 Å². The van der Waals surface area contributed by atoms with Gasteiger partial charge in [-0.1, -0.05) is 0 Å². The first-order valence-corrected chi connectivity index (χ1v) is 5.02. The Hall–Kier alpha value is -1.06. The van der Waals surface area contributed by atoms with Crippen molar-refractivity contribution < 1.29 is 19.1 Å². The summed E-state index contributed by atoms with van der Waals surface area (Å²) in [5, 5.41) is 0. The molecule has 3 fully saturated rings. The van der Waals surface area contributed by atoms with Crippen LogP contribution in [0, 0.1) is 5.92 Å². The zero-order valence-corrected chi connectivity index (χ0v) is 8.04. The SMILES string of the molecule is C[C@]12CC[C@@H]3C(=O)O[C@@]31CCC(=O)O2. The van der Waals surface area contributed by atoms with Gasteiger partial charge in [0.1, 0.15) is 11.5 Å². The van der Waals surface area contributed by atoms with E-state index in [-0.39, 0.29) is 17.9 Å². The van der Waals surface area contributed by atoms with Crippen molar-refractivity contribution in [2.24, 2.45) is 5.92 Å². The minimum absolute atomic E-state index is 0.0272. The Kier molecular flexibility index (Phi) is 1.25. The van der Waals surface area contributed by atoms with Crippen LogP contribution in [0.3, 0.4) is 0 Å². The summed E-state index contributed by atoms with van der Waals surface area (Å²) in [5.74, 6) is -0.311. The Morgan fingerprint density at radius 2 is 2.07 bits per heavy atom. The Bertz CT molecular complexity index is 335. The minimum Gasteiger partial charge on any atom is -0.455 e. The summed E-state index contributed by atoms with van der Waals surface area (Å²) in [6.07, 6.45) is 2.55. The quantitative estimate of drug-likeness (QED) is 0.537. The topological polar surface area (TPSA) is 52.6 Å². The molecule has 4 heteroatoms. The molecule has 1 saturated carbocycles. The number of carbonyl (C=O) groups is 2. The van der Waals surface area contributed by atoms with Crippen LogP contribution in [-0.4, -0.2) is 23.1 Å². The van der Waals surface area contributed by atoms with Gasteiger partial charge in [-0.15, -0.1) is 0 Å². The van der Waals surface area contributed by atoms with Gasteiger partial charge in [0, 0.05) is 12.8 Å². The molecule has 3 aliphatic rings. The third kappa shape index (κ3) is 0.678. The fourth-order valence-corrected chi connectivity index (χ4v) is 3.13. The van der Waals surface area contributed by atoms with Crippen molar-refractivity contribution in [1.29, 1.82) is 0 Å². The Balaban J connectivity index is 2.00. The highest BCUT2D eigenvalue weighted by Gasteiger charge is 2.73. The van der Waals surface area contributed by atoms with Gasteiger partial charge in [-0.05, 0) is 19.8 Å². The first-order chi connectivity index (χ1) is 6.57. The van der Waals surface area contributed by atoms with Gasteiger partial charge in [-0.2, -0.15) is 0 Å². The molecule has 2 saturated heterocycles. The maximum atomic E-state index is 11.2. The van der Waals surface area contributed by atoms with Crippen molar-refractivity contribution in [3.63, 3.8) is 0 Å². The molecule has 76 valence electrons. The molecular weight excluding hydrogens is 184 g/mol. The molecular formula is C10H12O4. The van der Waals surface area contributed by atoms with Crippen molar-refractivity contribution in [2.45, 2.75) is 43.8 Å². The lowest BCUT2D eigenvalue weighted by molar-refractivity contribution is -0.261. The molecule has 1 spiro atoms. The summed E-state index contributed by atoms with van der Waals surface area (Å²) in [6.45, 7) is 1.89. The van der Waals surface area contributed by atoms with Crippen LogP contribution in [0.4, 0.5) is 0 Å². The van der Waals surface area contributed by atoms with Crippen molar-refractivity contribution in [3.05, 3.63) is 0 Å². The predicted octanol–water partition coefficient (Wildman–Crippen LogP) is 0.788. The van der Waals surface area contributed by atoms with Crippen LogP contribution in [0.2, 0.25) is 0 Å². The molecule has 0 N–H and O–H groups in total. The summed E-state index contributed by atoms with van der Waals surface area (Å²) in [4.78, 5) is 22.4. The number of carbonyl (C=O) groups excluding carboxylic acids is 2. The minimum atomic E-state index is -0.555. The van der Waals surface area contributed by atoms with Crippen LogP contribution in [0.5, 0.6) is 0 Å². The highest BCUT2D eigenvalue weighted by atomic mass is 16.6. The maximum absolute atomic E-state index is 11.2. The molecule has 0 unspecified atom stereocenters. The van der Waals surface area contributed by atoms with E-state index in [0.717, 1.165) is 12.8 Å². The van der Waals surface area contributed by atoms with Crippen LogP contribution in [0.15, 0.2) is 0 Å². The molecule has 2 aliphatic heterocycles. The molecule has 0 radical (unpaired) electrons. The third-order valence-electron chi connectivity index (χ3n) is 3.97. The fraction of sp³-hybridized carbons (Fsp3) is 0.800. The maximum Gasteiger partial charge on any atom is 0.313 e. The molecule has 3 rings (SSSR count). The average molecular weight is 196 g/mol. The van der Waals surface area contributed by atoms with Crippen LogP contribution in [0.25, 0.3) is 0 Å². The number of hydrogen-bond donors (Lipinski definition) is 0. The highest BCUT2D eigenvalue weighted by molar-refractivity contribution is 5.84. The molecule has 2 heterocycles. The number of rotatable bonds is 0. The molecule has 0 amide bonds. The first kappa shape index (κ1) is 8.26. The number of hydrogen-bond acceptors (Lipinski definition) is 4. The molecule has 0 bridgehead atoms. The standard InChI is InChI=1S/C10H12O4/c1-9-4-2-6-8(12)14-10(6,9)5-3-7(11)13-9/h6H,2-5H2,1H3/t6-,9+,10+/m1/s1. The lowest BCUT2D eigenvalue weighted by Gasteiger charge is -2.52. The van der Waals surface area contributed by atoms with Crippen molar-refractivity contribution in [2.75, 3.05) is 0 Å². The number of ether oxygens (including phenoxy) is 2. The smallest absolute Gasteiger partial charge is 0.313 e. The van der Waals surface area contributed by atoms with Gasteiger partial charge in [0.05, 0.1) is 0 Å². The van der Waals surface area contributed by atoms with Crippen molar-refractivity contribution >= 4 is 11.9 Å². The molecule has 1 aliphatic carbocycles. The van der Waals surface area contributed by atoms with Crippen LogP contribution in [-0.2, 0) is 19.1 Å². The Morgan fingerprint density at radius 3 is 2.79 bits per heavy atom. The van der Waals surface area contributed by atoms with E-state index < -0.39 is 11.2 Å². The monoisotopic (exact) mass is 196 g/mol. The van der Waals surface area contributed by atoms with E-state index >= 15 is 0 Å². The number of esters is 2. The lowest BCUT2D eigenvalue weighted by Crippen LogP contribution is -2.67. The van der Waals surface area contributed by atoms with E-state index in [1.807, 2.05) is 6.92 Å². The van der Waals surface area contributed by atoms with E-state index in [1.54, 1.807) is 0 Å². The van der Waals surface area contributed by atoms with E-state index in [4.69, 9.17) is 9.47 Å². The molecule has 0 aromatic rings. The zero-order valence-electron chi connectivity index (χ0n) is 8.04. The highest BCUT2D eigenvalue weighted by Crippen LogP contribution is 2.59. The van der Waals surface area contributed by atoms with E-state index in [0.29, 0.717) is 12.8 Å². The van der Waals surface area contributed by atoms with Gasteiger partial charge < -0.3 is 9.47 Å². The first-order valence-electron chi connectivity index (χ1n) is 5.02. The second-order valence-electron chi connectivity index (χ2n) is 4.61. The van der Waals surface area contributed by atoms with Gasteiger partial charge in [0.15, 0.2) is 5.60 Å². The molecule has 4 nitrogen and oxygen atoms in total. The van der Waals surface area contributed by atoms with Crippen LogP contribution >= 0.6 is 0 Å². The van der Waals surface area contributed by atoms with E-state index in [9.17, 15) is 9.59 Å². The van der Waals surface area contributed by atoms with Crippen LogP contribution < -0.4 is 0 Å². The average Bonchev–Trinajstić information content (AvgIpc) is 2.32. The third-order valence-corrected chi connectivity index (χ3v) is 3.97. The fourth-order valence-electron chi connectivity index (χ4n) is 3.13. The second kappa shape index (κ2) is 2.12. The lowest BCUT2D eigenvalue weighted by atomic mass is 9.72. The second-order valence-corrected chi connectivity index (χ2v) is 4.61. The Morgan fingerprint density at radius 1 is 1.29 bits per heavy atom. The summed E-state index contributed by atoms with van der Waals surface area (Å²) < 4.78 is 10.6. The van der Waals surface area contributed by atoms with Gasteiger partial charge in [0.25, 0.3) is 0 Å². The Labute approximate surface area is 81.6 Å². The molecule has 3 atom stereocenters. The van der Waals surface area contributed by atoms with Gasteiger partial charge in [0.2, 0.25) is 0 Å². The summed E-state index contributed by atoms with van der Waals surface area (Å²) in [7, 11) is 0. The summed E-state index contributed by atoms with van der Waals surface area (Å²) in [5.41, 5.74) is -1.03. The normalized spacial score (nSPS) is 49.9. The van der Waals surface area contributed by atoms with Gasteiger partial charge in [-0.25, -0.2) is 0 Å². The zero-order chi connectivity index (χ0) is 9.97. The van der Waals surface area contributed by atoms with Gasteiger partial charge in [-0.3, -0.25) is 9.59 Å². The largest absolute Gasteiger partial charge is 0.455 e. The van der Waals surface area contributed by atoms with Crippen molar-refractivity contribution in [3.8, 4) is 0 Å². The predicted molar refractivity (Wildman–Crippen MR) is 45.3 cm³/mol. The van der Waals surface area contributed by atoms with E-state index in [1.165, 1.54) is 0 Å². The molecule has 14 heavy (non-hydrogen) atoms. The van der Waals surface area contributed by atoms with E-state index in [2.05, 4.69) is 0 Å². The van der Waals surface area contributed by atoms with Gasteiger partial charge >= 0.3 is 11.9 Å². The molecule has 0 aromatic carbocycles. The van der Waals surface area contributed by atoms with Crippen molar-refractivity contribution in [1.82, 2.24) is 0 Å².